The summed E-state index contributed by atoms with van der Waals surface area (Å²) in [7, 11) is 4.45. The molecule has 0 aromatic heterocycles. The summed E-state index contributed by atoms with van der Waals surface area (Å²) in [6.07, 6.45) is 1.34. The van der Waals surface area contributed by atoms with Gasteiger partial charge in [0.1, 0.15) is 0 Å². The normalized spacial score (nSPS) is 12.4. The Balaban J connectivity index is 3.25. The van der Waals surface area contributed by atoms with Crippen molar-refractivity contribution in [1.29, 1.82) is 0 Å². The van der Waals surface area contributed by atoms with Crippen LogP contribution in [0.4, 0.5) is 0 Å². The summed E-state index contributed by atoms with van der Waals surface area (Å²) < 4.78 is 25.6. The lowest BCUT2D eigenvalue weighted by Gasteiger charge is -2.13. The summed E-state index contributed by atoms with van der Waals surface area (Å²) in [6.45, 7) is 3.45. The number of amidine groups is 1. The third-order valence-corrected chi connectivity index (χ3v) is 3.33. The fraction of sp³-hybridized carbons (Fsp3) is 0.389. The van der Waals surface area contributed by atoms with E-state index in [0.29, 0.717) is 22.8 Å². The van der Waals surface area contributed by atoms with Crippen LogP contribution < -0.4 is 19.9 Å². The minimum Gasteiger partial charge on any atom is -0.493 e. The highest BCUT2D eigenvalue weighted by Crippen LogP contribution is 2.38. The molecule has 10 nitrogen and oxygen atoms in total. The van der Waals surface area contributed by atoms with Crippen molar-refractivity contribution in [1.82, 2.24) is 0 Å². The van der Waals surface area contributed by atoms with E-state index in [-0.39, 0.29) is 19.0 Å². The quantitative estimate of drug-likeness (QED) is 0.153. The molecular weight excluding hydrogens is 370 g/mol. The first kappa shape index (κ1) is 22.6. The standard InChI is InChI=1S/C18H25N3O7/c1-6-27-17(22)13(18(23)28-7-2)16(19)21-20-10-11-8-9-12(24-3)15(26-5)14(11)25-4/h8-10,22H,6-7H2,1-5H3,(H2,19,21)/b17-13-,20-10+. The van der Waals surface area contributed by atoms with E-state index in [4.69, 9.17) is 29.4 Å². The summed E-state index contributed by atoms with van der Waals surface area (Å²) in [5, 5.41) is 17.5. The van der Waals surface area contributed by atoms with Crippen molar-refractivity contribution in [2.45, 2.75) is 13.8 Å². The number of aliphatic hydroxyl groups is 1. The number of methoxy groups -OCH3 is 3. The van der Waals surface area contributed by atoms with Gasteiger partial charge >= 0.3 is 5.97 Å². The maximum Gasteiger partial charge on any atom is 0.349 e. The third kappa shape index (κ3) is 5.53. The van der Waals surface area contributed by atoms with Crippen LogP contribution in [0, 0.1) is 0 Å². The number of hydrogen-bond acceptors (Lipinski definition) is 9. The lowest BCUT2D eigenvalue weighted by molar-refractivity contribution is -0.138. The molecule has 154 valence electrons. The van der Waals surface area contributed by atoms with Crippen molar-refractivity contribution in [3.63, 3.8) is 0 Å². The second-order valence-electron chi connectivity index (χ2n) is 4.99. The predicted molar refractivity (Wildman–Crippen MR) is 103 cm³/mol. The number of carbonyl (C=O) groups is 1. The molecule has 1 aromatic carbocycles. The maximum atomic E-state index is 12.0. The van der Waals surface area contributed by atoms with Crippen LogP contribution in [0.1, 0.15) is 19.4 Å². The Kier molecular flexibility index (Phi) is 9.14. The highest BCUT2D eigenvalue weighted by molar-refractivity contribution is 6.18. The van der Waals surface area contributed by atoms with E-state index >= 15 is 0 Å². The third-order valence-electron chi connectivity index (χ3n) is 3.33. The largest absolute Gasteiger partial charge is 0.493 e. The number of ether oxygens (including phenoxy) is 5. The zero-order valence-corrected chi connectivity index (χ0v) is 16.5. The van der Waals surface area contributed by atoms with E-state index in [9.17, 15) is 9.90 Å². The Hall–Kier alpha value is -3.43. The Morgan fingerprint density at radius 3 is 2.25 bits per heavy atom. The molecule has 0 fully saturated rings. The molecule has 0 aliphatic heterocycles. The van der Waals surface area contributed by atoms with E-state index in [0.717, 1.165) is 0 Å². The number of benzene rings is 1. The van der Waals surface area contributed by atoms with Crippen molar-refractivity contribution >= 4 is 18.0 Å². The first-order chi connectivity index (χ1) is 13.4. The molecule has 0 saturated heterocycles. The molecule has 0 saturated carbocycles. The Morgan fingerprint density at radius 2 is 1.71 bits per heavy atom. The van der Waals surface area contributed by atoms with Gasteiger partial charge in [0, 0.05) is 5.56 Å². The highest BCUT2D eigenvalue weighted by atomic mass is 16.6. The lowest BCUT2D eigenvalue weighted by Crippen LogP contribution is -2.25. The highest BCUT2D eigenvalue weighted by Gasteiger charge is 2.23. The number of aliphatic hydroxyl groups excluding tert-OH is 1. The molecule has 0 atom stereocenters. The summed E-state index contributed by atoms with van der Waals surface area (Å²) in [6, 6.07) is 3.34. The van der Waals surface area contributed by atoms with Crippen LogP contribution >= 0.6 is 0 Å². The number of hydrogen-bond donors (Lipinski definition) is 2. The Morgan fingerprint density at radius 1 is 1.07 bits per heavy atom. The summed E-state index contributed by atoms with van der Waals surface area (Å²) in [5.74, 6) is -0.715. The van der Waals surface area contributed by atoms with Crippen LogP contribution in [-0.4, -0.2) is 57.7 Å². The van der Waals surface area contributed by atoms with Gasteiger partial charge in [-0.05, 0) is 26.0 Å². The number of esters is 1. The van der Waals surface area contributed by atoms with Crippen LogP contribution in [0.3, 0.4) is 0 Å². The van der Waals surface area contributed by atoms with E-state index in [1.54, 1.807) is 26.0 Å². The molecule has 3 N–H and O–H groups in total. The summed E-state index contributed by atoms with van der Waals surface area (Å²) in [4.78, 5) is 12.0. The number of nitrogens with two attached hydrogens (primary N) is 1. The molecule has 0 radical (unpaired) electrons. The molecule has 0 bridgehead atoms. The molecule has 1 aromatic rings. The smallest absolute Gasteiger partial charge is 0.349 e. The maximum absolute atomic E-state index is 12.0. The van der Waals surface area contributed by atoms with Crippen LogP contribution in [0.5, 0.6) is 17.2 Å². The van der Waals surface area contributed by atoms with Gasteiger partial charge in [-0.15, -0.1) is 5.10 Å². The first-order valence-corrected chi connectivity index (χ1v) is 8.33. The van der Waals surface area contributed by atoms with Crippen molar-refractivity contribution in [3.05, 3.63) is 29.2 Å². The van der Waals surface area contributed by atoms with E-state index in [2.05, 4.69) is 10.2 Å². The molecule has 28 heavy (non-hydrogen) atoms. The average molecular weight is 395 g/mol. The molecule has 1 rings (SSSR count). The molecule has 0 unspecified atom stereocenters. The molecule has 0 aliphatic rings. The lowest BCUT2D eigenvalue weighted by atomic mass is 10.2. The topological polar surface area (TPSA) is 134 Å². The van der Waals surface area contributed by atoms with E-state index < -0.39 is 17.5 Å². The van der Waals surface area contributed by atoms with E-state index in [1.807, 2.05) is 0 Å². The van der Waals surface area contributed by atoms with Crippen LogP contribution in [0.15, 0.2) is 33.9 Å². The number of carbonyl (C=O) groups excluding carboxylic acids is 1. The Labute approximate surface area is 163 Å². The van der Waals surface area contributed by atoms with E-state index in [1.165, 1.54) is 27.5 Å². The van der Waals surface area contributed by atoms with Crippen LogP contribution in [0.2, 0.25) is 0 Å². The van der Waals surface area contributed by atoms with Gasteiger partial charge in [-0.25, -0.2) is 4.79 Å². The molecule has 0 heterocycles. The second kappa shape index (κ2) is 11.3. The molecular formula is C18H25N3O7. The van der Waals surface area contributed by atoms with Crippen LogP contribution in [0.25, 0.3) is 0 Å². The fourth-order valence-electron chi connectivity index (χ4n) is 2.14. The van der Waals surface area contributed by atoms with Gasteiger partial charge in [-0.2, -0.15) is 5.10 Å². The van der Waals surface area contributed by atoms with Gasteiger partial charge in [0.25, 0.3) is 5.95 Å². The molecule has 0 spiro atoms. The predicted octanol–water partition coefficient (Wildman–Crippen LogP) is 1.77. The van der Waals surface area contributed by atoms with Gasteiger partial charge in [-0.3, -0.25) is 0 Å². The van der Waals surface area contributed by atoms with Gasteiger partial charge in [-0.1, -0.05) is 0 Å². The monoisotopic (exact) mass is 395 g/mol. The SMILES string of the molecule is CCOC(=O)C(/C(N)=N/N=C/c1ccc(OC)c(OC)c1OC)=C(/O)OCC. The first-order valence-electron chi connectivity index (χ1n) is 8.33. The minimum absolute atomic E-state index is 0.0845. The summed E-state index contributed by atoms with van der Waals surface area (Å²) >= 11 is 0. The van der Waals surface area contributed by atoms with Crippen molar-refractivity contribution in [3.8, 4) is 17.2 Å². The minimum atomic E-state index is -0.881. The molecule has 0 amide bonds. The van der Waals surface area contributed by atoms with Gasteiger partial charge in [0.2, 0.25) is 5.75 Å². The summed E-state index contributed by atoms with van der Waals surface area (Å²) in [5.41, 5.74) is 5.88. The van der Waals surface area contributed by atoms with Gasteiger partial charge < -0.3 is 34.5 Å². The zero-order valence-electron chi connectivity index (χ0n) is 16.5. The second-order valence-corrected chi connectivity index (χ2v) is 4.99. The molecule has 0 aliphatic carbocycles. The Bertz CT molecular complexity index is 773. The van der Waals surface area contributed by atoms with Gasteiger partial charge in [0.05, 0.1) is 40.8 Å². The van der Waals surface area contributed by atoms with Crippen molar-refractivity contribution in [2.75, 3.05) is 34.5 Å². The fourth-order valence-corrected chi connectivity index (χ4v) is 2.14. The van der Waals surface area contributed by atoms with Gasteiger partial charge in [0.15, 0.2) is 22.9 Å². The zero-order chi connectivity index (χ0) is 21.1. The van der Waals surface area contributed by atoms with Crippen molar-refractivity contribution in [2.24, 2.45) is 15.9 Å². The number of nitrogens with zero attached hydrogens (tertiary/aromatic N) is 2. The van der Waals surface area contributed by atoms with Crippen LogP contribution in [-0.2, 0) is 14.3 Å². The number of rotatable bonds is 10. The average Bonchev–Trinajstić information content (AvgIpc) is 2.67. The van der Waals surface area contributed by atoms with Crippen molar-refractivity contribution < 1.29 is 33.6 Å². The molecule has 10 heteroatoms.